The van der Waals surface area contributed by atoms with Crippen LogP contribution >= 0.6 is 0 Å². The van der Waals surface area contributed by atoms with E-state index in [1.807, 2.05) is 6.92 Å². The lowest BCUT2D eigenvalue weighted by atomic mass is 9.69. The van der Waals surface area contributed by atoms with Crippen LogP contribution in [0.3, 0.4) is 0 Å². The van der Waals surface area contributed by atoms with E-state index >= 15 is 0 Å². The summed E-state index contributed by atoms with van der Waals surface area (Å²) in [5.74, 6) is 0.184. The topological polar surface area (TPSA) is 43.4 Å². The van der Waals surface area contributed by atoms with E-state index in [0.29, 0.717) is 11.8 Å². The minimum atomic E-state index is -0.458. The highest BCUT2D eigenvalue weighted by atomic mass is 16.6. The van der Waals surface area contributed by atoms with Crippen molar-refractivity contribution in [3.05, 3.63) is 0 Å². The molecule has 0 unspecified atom stereocenters. The Kier molecular flexibility index (Phi) is 1.14. The van der Waals surface area contributed by atoms with Gasteiger partial charge in [0.1, 0.15) is 0 Å². The molecule has 0 radical (unpaired) electrons. The summed E-state index contributed by atoms with van der Waals surface area (Å²) in [6.45, 7) is 1.91. The van der Waals surface area contributed by atoms with E-state index in [-0.39, 0.29) is 17.9 Å². The van der Waals surface area contributed by atoms with Gasteiger partial charge in [0.25, 0.3) is 0 Å². The molecule has 0 aromatic rings. The number of fused-ring (bicyclic) bond motifs is 5. The van der Waals surface area contributed by atoms with Gasteiger partial charge in [-0.05, 0) is 38.0 Å². The smallest absolute Gasteiger partial charge is 0.320 e. The molecule has 3 fully saturated rings. The van der Waals surface area contributed by atoms with E-state index in [1.54, 1.807) is 0 Å². The van der Waals surface area contributed by atoms with Crippen LogP contribution in [-0.2, 0) is 14.3 Å². The standard InChI is InChI=1S/C10H12O3/c1-10-6-3-2-5(4-6)7(10)8(11)13-9(10)12/h5-7H,2-4H2,1H3/t5-,6-,7-,10-/m1/s1. The first kappa shape index (κ1) is 7.54. The molecule has 2 saturated carbocycles. The van der Waals surface area contributed by atoms with Crippen LogP contribution in [0.2, 0.25) is 0 Å². The van der Waals surface area contributed by atoms with Gasteiger partial charge in [0.2, 0.25) is 0 Å². The van der Waals surface area contributed by atoms with Gasteiger partial charge in [0.15, 0.2) is 0 Å². The van der Waals surface area contributed by atoms with E-state index in [1.165, 1.54) is 0 Å². The monoisotopic (exact) mass is 180 g/mol. The summed E-state index contributed by atoms with van der Waals surface area (Å²) in [4.78, 5) is 23.0. The first-order valence-electron chi connectivity index (χ1n) is 4.90. The largest absolute Gasteiger partial charge is 0.392 e. The van der Waals surface area contributed by atoms with Crippen LogP contribution in [0.25, 0.3) is 0 Å². The summed E-state index contributed by atoms with van der Waals surface area (Å²) < 4.78 is 4.73. The van der Waals surface area contributed by atoms with Gasteiger partial charge in [0.05, 0.1) is 11.3 Å². The Bertz CT molecular complexity index is 309. The lowest BCUT2D eigenvalue weighted by Crippen LogP contribution is -2.36. The molecular formula is C10H12O3. The summed E-state index contributed by atoms with van der Waals surface area (Å²) >= 11 is 0. The summed E-state index contributed by atoms with van der Waals surface area (Å²) in [5.41, 5.74) is -0.458. The zero-order valence-electron chi connectivity index (χ0n) is 7.58. The molecule has 3 aliphatic rings. The van der Waals surface area contributed by atoms with Crippen molar-refractivity contribution in [3.8, 4) is 0 Å². The molecule has 0 aromatic carbocycles. The number of carbonyl (C=O) groups excluding carboxylic acids is 2. The maximum Gasteiger partial charge on any atom is 0.320 e. The molecule has 0 aromatic heterocycles. The Morgan fingerprint density at radius 1 is 1.38 bits per heavy atom. The number of esters is 2. The van der Waals surface area contributed by atoms with Crippen LogP contribution in [0.5, 0.6) is 0 Å². The van der Waals surface area contributed by atoms with Crippen molar-refractivity contribution in [1.82, 2.24) is 0 Å². The highest BCUT2D eigenvalue weighted by Crippen LogP contribution is 2.62. The van der Waals surface area contributed by atoms with E-state index < -0.39 is 5.41 Å². The summed E-state index contributed by atoms with van der Waals surface area (Å²) in [7, 11) is 0. The van der Waals surface area contributed by atoms with Crippen LogP contribution in [0, 0.1) is 23.2 Å². The number of ether oxygens (including phenoxy) is 1. The van der Waals surface area contributed by atoms with Gasteiger partial charge >= 0.3 is 11.9 Å². The van der Waals surface area contributed by atoms with Gasteiger partial charge in [0, 0.05) is 0 Å². The molecule has 0 amide bonds. The second-order valence-corrected chi connectivity index (χ2v) is 4.74. The average molecular weight is 180 g/mol. The van der Waals surface area contributed by atoms with Gasteiger partial charge in [-0.1, -0.05) is 0 Å². The molecular weight excluding hydrogens is 168 g/mol. The first-order valence-corrected chi connectivity index (χ1v) is 4.90. The molecule has 2 aliphatic carbocycles. The SMILES string of the molecule is C[C@]12C(=O)OC(=O)[C@H]1[C@@H]1CC[C@@H]2C1. The summed E-state index contributed by atoms with van der Waals surface area (Å²) in [6.07, 6.45) is 3.26. The Morgan fingerprint density at radius 3 is 2.85 bits per heavy atom. The molecule has 70 valence electrons. The first-order chi connectivity index (χ1) is 6.14. The van der Waals surface area contributed by atoms with Crippen LogP contribution in [0.1, 0.15) is 26.2 Å². The van der Waals surface area contributed by atoms with Crippen LogP contribution in [-0.4, -0.2) is 11.9 Å². The Labute approximate surface area is 76.4 Å². The fourth-order valence-electron chi connectivity index (χ4n) is 3.60. The van der Waals surface area contributed by atoms with Gasteiger partial charge in [-0.3, -0.25) is 9.59 Å². The minimum Gasteiger partial charge on any atom is -0.392 e. The Hall–Kier alpha value is -0.860. The van der Waals surface area contributed by atoms with Gasteiger partial charge in [-0.2, -0.15) is 0 Å². The number of hydrogen-bond acceptors (Lipinski definition) is 3. The average Bonchev–Trinajstić information content (AvgIpc) is 2.66. The van der Waals surface area contributed by atoms with Crippen LogP contribution < -0.4 is 0 Å². The van der Waals surface area contributed by atoms with E-state index in [2.05, 4.69) is 0 Å². The highest BCUT2D eigenvalue weighted by molar-refractivity contribution is 6.00. The third kappa shape index (κ3) is 0.640. The van der Waals surface area contributed by atoms with Crippen LogP contribution in [0.15, 0.2) is 0 Å². The molecule has 3 heteroatoms. The molecule has 1 heterocycles. The maximum absolute atomic E-state index is 11.5. The van der Waals surface area contributed by atoms with Crippen molar-refractivity contribution in [2.45, 2.75) is 26.2 Å². The van der Waals surface area contributed by atoms with Gasteiger partial charge in [-0.15, -0.1) is 0 Å². The number of cyclic esters (lactones) is 2. The van der Waals surface area contributed by atoms with Crippen molar-refractivity contribution in [1.29, 1.82) is 0 Å². The lowest BCUT2D eigenvalue weighted by molar-refractivity contribution is -0.156. The van der Waals surface area contributed by atoms with E-state index in [0.717, 1.165) is 19.3 Å². The number of rotatable bonds is 0. The third-order valence-electron chi connectivity index (χ3n) is 4.33. The summed E-state index contributed by atoms with van der Waals surface area (Å²) in [6, 6.07) is 0. The molecule has 0 N–H and O–H groups in total. The van der Waals surface area contributed by atoms with E-state index in [9.17, 15) is 9.59 Å². The predicted molar refractivity (Wildman–Crippen MR) is 43.5 cm³/mol. The van der Waals surface area contributed by atoms with Crippen molar-refractivity contribution < 1.29 is 14.3 Å². The number of carbonyl (C=O) groups is 2. The molecule has 2 bridgehead atoms. The normalized spacial score (nSPS) is 52.5. The third-order valence-corrected chi connectivity index (χ3v) is 4.33. The van der Waals surface area contributed by atoms with Crippen molar-refractivity contribution in [3.63, 3.8) is 0 Å². The van der Waals surface area contributed by atoms with Crippen molar-refractivity contribution >= 4 is 11.9 Å². The van der Waals surface area contributed by atoms with Gasteiger partial charge in [-0.25, -0.2) is 0 Å². The predicted octanol–water partition coefficient (Wildman–Crippen LogP) is 1.12. The fourth-order valence-corrected chi connectivity index (χ4v) is 3.60. The highest BCUT2D eigenvalue weighted by Gasteiger charge is 2.67. The second kappa shape index (κ2) is 1.97. The van der Waals surface area contributed by atoms with Crippen molar-refractivity contribution in [2.24, 2.45) is 23.2 Å². The van der Waals surface area contributed by atoms with Gasteiger partial charge < -0.3 is 4.74 Å². The molecule has 4 atom stereocenters. The van der Waals surface area contributed by atoms with E-state index in [4.69, 9.17) is 4.74 Å². The quantitative estimate of drug-likeness (QED) is 0.414. The van der Waals surface area contributed by atoms with Crippen LogP contribution in [0.4, 0.5) is 0 Å². The molecule has 3 nitrogen and oxygen atoms in total. The maximum atomic E-state index is 11.5. The fraction of sp³-hybridized carbons (Fsp3) is 0.800. The molecule has 1 aliphatic heterocycles. The number of hydrogen-bond donors (Lipinski definition) is 0. The summed E-state index contributed by atoms with van der Waals surface area (Å²) in [5, 5.41) is 0. The lowest BCUT2D eigenvalue weighted by Gasteiger charge is -2.29. The minimum absolute atomic E-state index is 0.112. The molecule has 0 spiro atoms. The Balaban J connectivity index is 2.12. The zero-order chi connectivity index (χ0) is 9.22. The Morgan fingerprint density at radius 2 is 2.15 bits per heavy atom. The molecule has 1 saturated heterocycles. The molecule has 3 rings (SSSR count). The van der Waals surface area contributed by atoms with Crippen molar-refractivity contribution in [2.75, 3.05) is 0 Å². The second-order valence-electron chi connectivity index (χ2n) is 4.74. The molecule has 13 heavy (non-hydrogen) atoms. The zero-order valence-corrected chi connectivity index (χ0v) is 7.58.